The Morgan fingerprint density at radius 2 is 2.21 bits per heavy atom. The zero-order chi connectivity index (χ0) is 17.6. The highest BCUT2D eigenvalue weighted by molar-refractivity contribution is 7.13. The number of aromatic nitrogens is 1. The highest BCUT2D eigenvalue weighted by atomic mass is 32.1. The molecule has 1 aliphatic rings. The number of rotatable bonds is 5. The van der Waals surface area contributed by atoms with Crippen LogP contribution in [0.1, 0.15) is 40.0 Å². The summed E-state index contributed by atoms with van der Waals surface area (Å²) in [7, 11) is 0. The molecular formula is C16H26N4O3S. The van der Waals surface area contributed by atoms with Crippen LogP contribution in [0.3, 0.4) is 0 Å². The van der Waals surface area contributed by atoms with Gasteiger partial charge in [-0.15, -0.1) is 11.3 Å². The van der Waals surface area contributed by atoms with Gasteiger partial charge in [0.2, 0.25) is 5.91 Å². The van der Waals surface area contributed by atoms with Crippen molar-refractivity contribution < 1.29 is 14.3 Å². The monoisotopic (exact) mass is 354 g/mol. The number of nitrogens with one attached hydrogen (secondary N) is 2. The van der Waals surface area contributed by atoms with Gasteiger partial charge in [0.1, 0.15) is 5.60 Å². The van der Waals surface area contributed by atoms with Crippen molar-refractivity contribution in [2.45, 2.75) is 51.7 Å². The summed E-state index contributed by atoms with van der Waals surface area (Å²) in [6, 6.07) is 0.147. The number of likely N-dealkylation sites (tertiary alicyclic amines) is 1. The van der Waals surface area contributed by atoms with E-state index in [4.69, 9.17) is 4.74 Å². The van der Waals surface area contributed by atoms with Crippen molar-refractivity contribution in [3.05, 3.63) is 11.6 Å². The number of anilines is 1. The van der Waals surface area contributed by atoms with Crippen LogP contribution in [-0.4, -0.2) is 53.2 Å². The topological polar surface area (TPSA) is 83.6 Å². The minimum atomic E-state index is -0.510. The first-order valence-electron chi connectivity index (χ1n) is 8.24. The van der Waals surface area contributed by atoms with Crippen LogP contribution in [0.2, 0.25) is 0 Å². The van der Waals surface area contributed by atoms with Gasteiger partial charge in [0.15, 0.2) is 5.13 Å². The molecule has 0 bridgehead atoms. The van der Waals surface area contributed by atoms with Crippen molar-refractivity contribution in [2.75, 3.05) is 25.0 Å². The maximum atomic E-state index is 12.2. The molecular weight excluding hydrogens is 328 g/mol. The molecule has 1 aromatic rings. The largest absolute Gasteiger partial charge is 0.444 e. The van der Waals surface area contributed by atoms with Gasteiger partial charge >= 0.3 is 6.09 Å². The molecule has 1 unspecified atom stereocenters. The zero-order valence-corrected chi connectivity index (χ0v) is 15.3. The molecule has 2 heterocycles. The van der Waals surface area contributed by atoms with E-state index in [1.54, 1.807) is 6.20 Å². The van der Waals surface area contributed by atoms with Gasteiger partial charge in [-0.05, 0) is 40.2 Å². The van der Waals surface area contributed by atoms with E-state index in [0.29, 0.717) is 18.2 Å². The second-order valence-electron chi connectivity index (χ2n) is 6.89. The van der Waals surface area contributed by atoms with Gasteiger partial charge in [-0.2, -0.15) is 0 Å². The Morgan fingerprint density at radius 3 is 2.88 bits per heavy atom. The zero-order valence-electron chi connectivity index (χ0n) is 14.5. The molecule has 0 aromatic carbocycles. The van der Waals surface area contributed by atoms with E-state index in [0.717, 1.165) is 25.8 Å². The number of hydrogen-bond acceptors (Lipinski definition) is 6. The van der Waals surface area contributed by atoms with Crippen LogP contribution in [0.4, 0.5) is 9.93 Å². The SMILES string of the molecule is CC(C)(C)OC(=O)NCC1CCCCN1CC(=O)Nc1nccs1. The van der Waals surface area contributed by atoms with E-state index in [9.17, 15) is 9.59 Å². The molecule has 1 atom stereocenters. The van der Waals surface area contributed by atoms with Gasteiger partial charge in [0, 0.05) is 24.2 Å². The molecule has 0 radical (unpaired) electrons. The summed E-state index contributed by atoms with van der Waals surface area (Å²) in [5, 5.41) is 8.05. The van der Waals surface area contributed by atoms with E-state index in [-0.39, 0.29) is 11.9 Å². The first-order chi connectivity index (χ1) is 11.3. The predicted octanol–water partition coefficient (Wildman–Crippen LogP) is 2.46. The highest BCUT2D eigenvalue weighted by Gasteiger charge is 2.25. The number of carbonyl (C=O) groups is 2. The lowest BCUT2D eigenvalue weighted by Gasteiger charge is -2.35. The third-order valence-corrected chi connectivity index (χ3v) is 4.34. The number of ether oxygens (including phenoxy) is 1. The molecule has 2 N–H and O–H groups in total. The summed E-state index contributed by atoms with van der Waals surface area (Å²) in [5.74, 6) is -0.0749. The predicted molar refractivity (Wildman–Crippen MR) is 94.2 cm³/mol. The Kier molecular flexibility index (Phi) is 6.56. The van der Waals surface area contributed by atoms with E-state index in [2.05, 4.69) is 20.5 Å². The number of nitrogens with zero attached hydrogens (tertiary/aromatic N) is 2. The number of alkyl carbamates (subject to hydrolysis) is 1. The van der Waals surface area contributed by atoms with Crippen LogP contribution in [0, 0.1) is 0 Å². The fourth-order valence-electron chi connectivity index (χ4n) is 2.64. The van der Waals surface area contributed by atoms with Gasteiger partial charge in [0.05, 0.1) is 6.54 Å². The second-order valence-corrected chi connectivity index (χ2v) is 7.78. The van der Waals surface area contributed by atoms with Crippen molar-refractivity contribution >= 4 is 28.5 Å². The summed E-state index contributed by atoms with van der Waals surface area (Å²) < 4.78 is 5.26. The number of carbonyl (C=O) groups excluding carboxylic acids is 2. The van der Waals surface area contributed by atoms with Crippen LogP contribution in [0.15, 0.2) is 11.6 Å². The molecule has 1 aliphatic heterocycles. The Labute approximate surface area is 146 Å². The first-order valence-corrected chi connectivity index (χ1v) is 9.12. The average molecular weight is 354 g/mol. The van der Waals surface area contributed by atoms with E-state index >= 15 is 0 Å². The van der Waals surface area contributed by atoms with Gasteiger partial charge < -0.3 is 15.4 Å². The molecule has 0 spiro atoms. The second kappa shape index (κ2) is 8.43. The van der Waals surface area contributed by atoms with Crippen molar-refractivity contribution in [3.8, 4) is 0 Å². The third kappa shape index (κ3) is 6.45. The van der Waals surface area contributed by atoms with E-state index < -0.39 is 11.7 Å². The lowest BCUT2D eigenvalue weighted by atomic mass is 10.0. The Balaban J connectivity index is 1.81. The van der Waals surface area contributed by atoms with Gasteiger partial charge in [0.25, 0.3) is 0 Å². The Bertz CT molecular complexity index is 542. The van der Waals surface area contributed by atoms with Crippen LogP contribution < -0.4 is 10.6 Å². The Hall–Kier alpha value is -1.67. The van der Waals surface area contributed by atoms with Crippen LogP contribution >= 0.6 is 11.3 Å². The standard InChI is InChI=1S/C16H26N4O3S/c1-16(2,3)23-15(22)18-10-12-6-4-5-8-20(12)11-13(21)19-14-17-7-9-24-14/h7,9,12H,4-6,8,10-11H2,1-3H3,(H,18,22)(H,17,19,21). The number of piperidine rings is 1. The van der Waals surface area contributed by atoms with Crippen molar-refractivity contribution in [2.24, 2.45) is 0 Å². The minimum Gasteiger partial charge on any atom is -0.444 e. The van der Waals surface area contributed by atoms with Crippen LogP contribution in [0.5, 0.6) is 0 Å². The van der Waals surface area contributed by atoms with E-state index in [1.165, 1.54) is 11.3 Å². The van der Waals surface area contributed by atoms with Crippen LogP contribution in [0.25, 0.3) is 0 Å². The van der Waals surface area contributed by atoms with Crippen molar-refractivity contribution in [1.29, 1.82) is 0 Å². The van der Waals surface area contributed by atoms with Crippen LogP contribution in [-0.2, 0) is 9.53 Å². The summed E-state index contributed by atoms with van der Waals surface area (Å²) in [6.07, 6.45) is 4.37. The lowest BCUT2D eigenvalue weighted by Crippen LogP contribution is -2.49. The summed E-state index contributed by atoms with van der Waals surface area (Å²) in [6.45, 7) is 7.15. The molecule has 24 heavy (non-hydrogen) atoms. The molecule has 0 aliphatic carbocycles. The number of amides is 2. The minimum absolute atomic E-state index is 0.0749. The highest BCUT2D eigenvalue weighted by Crippen LogP contribution is 2.17. The molecule has 2 amide bonds. The molecule has 1 saturated heterocycles. The lowest BCUT2D eigenvalue weighted by molar-refractivity contribution is -0.118. The summed E-state index contributed by atoms with van der Waals surface area (Å²) in [4.78, 5) is 30.1. The fraction of sp³-hybridized carbons (Fsp3) is 0.688. The number of hydrogen-bond donors (Lipinski definition) is 2. The summed E-state index contributed by atoms with van der Waals surface area (Å²) in [5.41, 5.74) is -0.510. The third-order valence-electron chi connectivity index (χ3n) is 3.66. The smallest absolute Gasteiger partial charge is 0.407 e. The molecule has 2 rings (SSSR count). The maximum absolute atomic E-state index is 12.2. The molecule has 7 nitrogen and oxygen atoms in total. The van der Waals surface area contributed by atoms with Gasteiger partial charge in [-0.3, -0.25) is 9.69 Å². The average Bonchev–Trinajstić information content (AvgIpc) is 2.97. The van der Waals surface area contributed by atoms with Gasteiger partial charge in [-0.1, -0.05) is 6.42 Å². The first kappa shape index (κ1) is 18.7. The van der Waals surface area contributed by atoms with Crippen molar-refractivity contribution in [3.63, 3.8) is 0 Å². The maximum Gasteiger partial charge on any atom is 0.407 e. The molecule has 1 fully saturated rings. The van der Waals surface area contributed by atoms with E-state index in [1.807, 2.05) is 26.2 Å². The Morgan fingerprint density at radius 1 is 1.42 bits per heavy atom. The molecule has 1 aromatic heterocycles. The quantitative estimate of drug-likeness (QED) is 0.849. The normalized spacial score (nSPS) is 18.9. The fourth-order valence-corrected chi connectivity index (χ4v) is 3.19. The molecule has 134 valence electrons. The molecule has 0 saturated carbocycles. The van der Waals surface area contributed by atoms with Gasteiger partial charge in [-0.25, -0.2) is 9.78 Å². The molecule has 8 heteroatoms. The van der Waals surface area contributed by atoms with Crippen molar-refractivity contribution in [1.82, 2.24) is 15.2 Å². The summed E-state index contributed by atoms with van der Waals surface area (Å²) >= 11 is 1.40. The number of thiazole rings is 1.